The van der Waals surface area contributed by atoms with Gasteiger partial charge in [0.2, 0.25) is 0 Å². The van der Waals surface area contributed by atoms with Gasteiger partial charge in [0, 0.05) is 17.1 Å². The number of aliphatic carboxylic acids is 1. The molecule has 0 saturated heterocycles. The van der Waals surface area contributed by atoms with Gasteiger partial charge in [0.05, 0.1) is 5.92 Å². The largest absolute Gasteiger partial charge is 0.481 e. The Labute approximate surface area is 92.7 Å². The van der Waals surface area contributed by atoms with Crippen LogP contribution in [0.4, 0.5) is 0 Å². The molecule has 1 aliphatic rings. The van der Waals surface area contributed by atoms with Crippen molar-refractivity contribution in [1.29, 1.82) is 0 Å². The van der Waals surface area contributed by atoms with Crippen molar-refractivity contribution in [2.45, 2.75) is 31.7 Å². The van der Waals surface area contributed by atoms with Crippen molar-refractivity contribution in [3.05, 3.63) is 11.1 Å². The number of hydrogen-bond acceptors (Lipinski definition) is 2. The molecule has 1 rings (SSSR count). The molecule has 0 aliphatic heterocycles. The summed E-state index contributed by atoms with van der Waals surface area (Å²) in [5.41, 5.74) is 0. The first-order valence-corrected chi connectivity index (χ1v) is 5.68. The number of hydrogen-bond donors (Lipinski definition) is 2. The summed E-state index contributed by atoms with van der Waals surface area (Å²) >= 11 is 3.27. The maximum absolute atomic E-state index is 10.8. The molecule has 1 aliphatic carbocycles. The second kappa shape index (κ2) is 5.51. The normalized spacial score (nSPS) is 27.2. The minimum absolute atomic E-state index is 0.162. The highest BCUT2D eigenvalue weighted by molar-refractivity contribution is 9.11. The SMILES string of the molecule is C=C(Br)CNC1CCCC(C(=O)O)C1. The fraction of sp³-hybridized carbons (Fsp3) is 0.700. The van der Waals surface area contributed by atoms with Gasteiger partial charge in [-0.2, -0.15) is 0 Å². The predicted octanol–water partition coefficient (Wildman–Crippen LogP) is 2.13. The topological polar surface area (TPSA) is 49.3 Å². The molecule has 1 saturated carbocycles. The molecule has 0 aromatic heterocycles. The van der Waals surface area contributed by atoms with E-state index in [-0.39, 0.29) is 5.92 Å². The van der Waals surface area contributed by atoms with E-state index in [0.29, 0.717) is 6.04 Å². The van der Waals surface area contributed by atoms with Gasteiger partial charge in [0.1, 0.15) is 0 Å². The van der Waals surface area contributed by atoms with E-state index in [0.717, 1.165) is 36.7 Å². The lowest BCUT2D eigenvalue weighted by Gasteiger charge is -2.27. The van der Waals surface area contributed by atoms with Gasteiger partial charge in [-0.1, -0.05) is 28.9 Å². The zero-order chi connectivity index (χ0) is 10.6. The molecule has 0 aromatic rings. The zero-order valence-corrected chi connectivity index (χ0v) is 9.72. The molecule has 2 atom stereocenters. The van der Waals surface area contributed by atoms with Crippen LogP contribution in [0.15, 0.2) is 11.1 Å². The van der Waals surface area contributed by atoms with Crippen molar-refractivity contribution in [2.75, 3.05) is 6.54 Å². The van der Waals surface area contributed by atoms with Crippen molar-refractivity contribution < 1.29 is 9.90 Å². The van der Waals surface area contributed by atoms with Gasteiger partial charge in [-0.15, -0.1) is 0 Å². The van der Waals surface area contributed by atoms with E-state index in [1.807, 2.05) is 0 Å². The van der Waals surface area contributed by atoms with Crippen LogP contribution < -0.4 is 5.32 Å². The highest BCUT2D eigenvalue weighted by atomic mass is 79.9. The average molecular weight is 262 g/mol. The second-order valence-electron chi connectivity index (χ2n) is 3.80. The van der Waals surface area contributed by atoms with Crippen LogP contribution in [0.5, 0.6) is 0 Å². The van der Waals surface area contributed by atoms with Crippen LogP contribution in [-0.2, 0) is 4.79 Å². The Morgan fingerprint density at radius 2 is 2.29 bits per heavy atom. The van der Waals surface area contributed by atoms with Crippen LogP contribution in [0.3, 0.4) is 0 Å². The minimum Gasteiger partial charge on any atom is -0.481 e. The van der Waals surface area contributed by atoms with Crippen LogP contribution >= 0.6 is 15.9 Å². The molecule has 0 radical (unpaired) electrons. The van der Waals surface area contributed by atoms with Crippen LogP contribution in [-0.4, -0.2) is 23.7 Å². The summed E-state index contributed by atoms with van der Waals surface area (Å²) in [6, 6.07) is 0.333. The maximum atomic E-state index is 10.8. The van der Waals surface area contributed by atoms with Crippen molar-refractivity contribution in [1.82, 2.24) is 5.32 Å². The fourth-order valence-corrected chi connectivity index (χ4v) is 2.02. The van der Waals surface area contributed by atoms with Crippen LogP contribution in [0.1, 0.15) is 25.7 Å². The van der Waals surface area contributed by atoms with Gasteiger partial charge in [-0.05, 0) is 19.3 Å². The van der Waals surface area contributed by atoms with Gasteiger partial charge in [0.15, 0.2) is 0 Å². The zero-order valence-electron chi connectivity index (χ0n) is 8.13. The fourth-order valence-electron chi connectivity index (χ4n) is 1.85. The summed E-state index contributed by atoms with van der Waals surface area (Å²) in [4.78, 5) is 10.8. The Balaban J connectivity index is 2.32. The number of nitrogens with one attached hydrogen (secondary N) is 1. The van der Waals surface area contributed by atoms with E-state index >= 15 is 0 Å². The number of rotatable bonds is 4. The van der Waals surface area contributed by atoms with E-state index in [4.69, 9.17) is 5.11 Å². The average Bonchev–Trinajstić information content (AvgIpc) is 2.15. The Hall–Kier alpha value is -0.350. The molecule has 2 N–H and O–H groups in total. The molecule has 0 bridgehead atoms. The predicted molar refractivity (Wildman–Crippen MR) is 59.5 cm³/mol. The molecule has 0 amide bonds. The lowest BCUT2D eigenvalue weighted by atomic mass is 9.86. The van der Waals surface area contributed by atoms with Crippen LogP contribution in [0, 0.1) is 5.92 Å². The van der Waals surface area contributed by atoms with Crippen molar-refractivity contribution in [3.63, 3.8) is 0 Å². The molecule has 4 heteroatoms. The highest BCUT2D eigenvalue weighted by Crippen LogP contribution is 2.24. The Bertz CT molecular complexity index is 230. The molecular formula is C10H16BrNO2. The Morgan fingerprint density at radius 3 is 2.86 bits per heavy atom. The summed E-state index contributed by atoms with van der Waals surface area (Å²) in [6.07, 6.45) is 3.64. The lowest BCUT2D eigenvalue weighted by molar-refractivity contribution is -0.143. The molecule has 1 fully saturated rings. The third-order valence-corrected chi connectivity index (χ3v) is 2.89. The summed E-state index contributed by atoms with van der Waals surface area (Å²) in [6.45, 7) is 4.45. The van der Waals surface area contributed by atoms with Crippen LogP contribution in [0.2, 0.25) is 0 Å². The van der Waals surface area contributed by atoms with E-state index in [1.54, 1.807) is 0 Å². The third kappa shape index (κ3) is 3.80. The van der Waals surface area contributed by atoms with Crippen molar-refractivity contribution in [2.24, 2.45) is 5.92 Å². The third-order valence-electron chi connectivity index (χ3n) is 2.61. The molecule has 0 heterocycles. The van der Waals surface area contributed by atoms with Crippen LogP contribution in [0.25, 0.3) is 0 Å². The maximum Gasteiger partial charge on any atom is 0.306 e. The first kappa shape index (κ1) is 11.7. The molecule has 2 unspecified atom stereocenters. The first-order chi connectivity index (χ1) is 6.59. The van der Waals surface area contributed by atoms with Crippen molar-refractivity contribution >= 4 is 21.9 Å². The molecule has 80 valence electrons. The Morgan fingerprint density at radius 1 is 1.57 bits per heavy atom. The van der Waals surface area contributed by atoms with E-state index in [1.165, 1.54) is 0 Å². The number of carboxylic acids is 1. The first-order valence-electron chi connectivity index (χ1n) is 4.89. The van der Waals surface area contributed by atoms with Gasteiger partial charge >= 0.3 is 5.97 Å². The highest BCUT2D eigenvalue weighted by Gasteiger charge is 2.26. The van der Waals surface area contributed by atoms with E-state index in [2.05, 4.69) is 27.8 Å². The molecule has 0 aromatic carbocycles. The summed E-state index contributed by atoms with van der Waals surface area (Å²) in [5.74, 6) is -0.820. The smallest absolute Gasteiger partial charge is 0.306 e. The molecule has 3 nitrogen and oxygen atoms in total. The number of carboxylic acid groups (broad SMARTS) is 1. The molecule has 0 spiro atoms. The van der Waals surface area contributed by atoms with Gasteiger partial charge in [-0.3, -0.25) is 4.79 Å². The van der Waals surface area contributed by atoms with Crippen molar-refractivity contribution in [3.8, 4) is 0 Å². The summed E-state index contributed by atoms with van der Waals surface area (Å²) in [5, 5.41) is 12.2. The monoisotopic (exact) mass is 261 g/mol. The summed E-state index contributed by atoms with van der Waals surface area (Å²) < 4.78 is 0.912. The van der Waals surface area contributed by atoms with E-state index in [9.17, 15) is 4.79 Å². The number of halogens is 1. The second-order valence-corrected chi connectivity index (χ2v) is 4.92. The lowest BCUT2D eigenvalue weighted by Crippen LogP contribution is -2.36. The van der Waals surface area contributed by atoms with Gasteiger partial charge in [-0.25, -0.2) is 0 Å². The Kier molecular flexibility index (Phi) is 4.62. The van der Waals surface area contributed by atoms with Gasteiger partial charge < -0.3 is 10.4 Å². The molecular weight excluding hydrogens is 246 g/mol. The molecule has 14 heavy (non-hydrogen) atoms. The summed E-state index contributed by atoms with van der Waals surface area (Å²) in [7, 11) is 0. The standard InChI is InChI=1S/C10H16BrNO2/c1-7(11)6-12-9-4-2-3-8(5-9)10(13)14/h8-9,12H,1-6H2,(H,13,14). The van der Waals surface area contributed by atoms with Gasteiger partial charge in [0.25, 0.3) is 0 Å². The minimum atomic E-state index is -0.658. The van der Waals surface area contributed by atoms with E-state index < -0.39 is 5.97 Å². The number of carbonyl (C=O) groups is 1. The quantitative estimate of drug-likeness (QED) is 0.816.